The summed E-state index contributed by atoms with van der Waals surface area (Å²) in [5.74, 6) is -1.42. The second-order valence-corrected chi connectivity index (χ2v) is 5.61. The van der Waals surface area contributed by atoms with Gasteiger partial charge in [0.05, 0.1) is 16.5 Å². The summed E-state index contributed by atoms with van der Waals surface area (Å²) >= 11 is 0. The molecule has 0 saturated heterocycles. The summed E-state index contributed by atoms with van der Waals surface area (Å²) in [5.41, 5.74) is -0.859. The number of carbonyl (C=O) groups excluding carboxylic acids is 1. The highest BCUT2D eigenvalue weighted by Crippen LogP contribution is 2.45. The van der Waals surface area contributed by atoms with E-state index in [4.69, 9.17) is 5.11 Å². The Morgan fingerprint density at radius 1 is 1.52 bits per heavy atom. The highest BCUT2D eigenvalue weighted by Gasteiger charge is 2.50. The van der Waals surface area contributed by atoms with Crippen LogP contribution in [0.15, 0.2) is 12.3 Å². The molecule has 0 spiro atoms. The van der Waals surface area contributed by atoms with Gasteiger partial charge in [-0.3, -0.25) is 19.7 Å². The van der Waals surface area contributed by atoms with E-state index in [1.165, 1.54) is 16.8 Å². The highest BCUT2D eigenvalue weighted by atomic mass is 16.6. The number of carboxylic acid groups (broad SMARTS) is 1. The first-order chi connectivity index (χ1) is 9.77. The number of nitrogens with one attached hydrogen (secondary N) is 1. The van der Waals surface area contributed by atoms with Crippen molar-refractivity contribution >= 4 is 17.6 Å². The van der Waals surface area contributed by atoms with Crippen LogP contribution in [0.1, 0.15) is 43.2 Å². The van der Waals surface area contributed by atoms with Gasteiger partial charge in [-0.15, -0.1) is 0 Å². The second kappa shape index (κ2) is 5.19. The topological polar surface area (TPSA) is 114 Å². The summed E-state index contributed by atoms with van der Waals surface area (Å²) in [7, 11) is 0. The molecule has 21 heavy (non-hydrogen) atoms. The van der Waals surface area contributed by atoms with Crippen LogP contribution in [0.5, 0.6) is 0 Å². The molecule has 0 atom stereocenters. The Labute approximate surface area is 120 Å². The molecule has 0 bridgehead atoms. The minimum atomic E-state index is -0.923. The van der Waals surface area contributed by atoms with Gasteiger partial charge in [0.15, 0.2) is 0 Å². The van der Waals surface area contributed by atoms with E-state index in [1.807, 2.05) is 0 Å². The summed E-state index contributed by atoms with van der Waals surface area (Å²) < 4.78 is 1.51. The largest absolute Gasteiger partial charge is 0.481 e. The average molecular weight is 295 g/mol. The van der Waals surface area contributed by atoms with E-state index >= 15 is 0 Å². The van der Waals surface area contributed by atoms with E-state index in [2.05, 4.69) is 5.32 Å². The molecule has 8 nitrogen and oxygen atoms in total. The van der Waals surface area contributed by atoms with Crippen molar-refractivity contribution in [1.82, 2.24) is 9.88 Å². The lowest BCUT2D eigenvalue weighted by atomic mass is 10.1. The normalized spacial score (nSPS) is 15.8. The molecule has 2 N–H and O–H groups in total. The number of carboxylic acids is 1. The van der Waals surface area contributed by atoms with Gasteiger partial charge in [-0.25, -0.2) is 0 Å². The Bertz CT molecular complexity index is 601. The summed E-state index contributed by atoms with van der Waals surface area (Å²) in [6, 6.07) is 1.09. The molecule has 1 aliphatic carbocycles. The first-order valence-corrected chi connectivity index (χ1v) is 6.65. The smallest absolute Gasteiger partial charge is 0.311 e. The van der Waals surface area contributed by atoms with Gasteiger partial charge in [-0.2, -0.15) is 0 Å². The number of hydrogen-bond acceptors (Lipinski definition) is 4. The van der Waals surface area contributed by atoms with Crippen LogP contribution in [0.4, 0.5) is 5.69 Å². The Kier molecular flexibility index (Phi) is 3.71. The number of carbonyl (C=O) groups is 2. The molecule has 1 heterocycles. The number of nitro groups is 1. The van der Waals surface area contributed by atoms with Crippen molar-refractivity contribution in [2.45, 2.75) is 32.7 Å². The van der Waals surface area contributed by atoms with Crippen molar-refractivity contribution in [3.63, 3.8) is 0 Å². The van der Waals surface area contributed by atoms with Gasteiger partial charge in [-0.1, -0.05) is 0 Å². The summed E-state index contributed by atoms with van der Waals surface area (Å²) in [6.07, 6.45) is 2.38. The number of nitrogens with zero attached hydrogens (tertiary/aromatic N) is 2. The first kappa shape index (κ1) is 15.0. The van der Waals surface area contributed by atoms with Crippen LogP contribution in [0, 0.1) is 15.5 Å². The number of aromatic nitrogens is 1. The summed E-state index contributed by atoms with van der Waals surface area (Å²) in [6.45, 7) is 3.65. The van der Waals surface area contributed by atoms with Crippen LogP contribution in [0.2, 0.25) is 0 Å². The Morgan fingerprint density at radius 3 is 2.57 bits per heavy atom. The average Bonchev–Trinajstić information content (AvgIpc) is 3.05. The van der Waals surface area contributed by atoms with Crippen molar-refractivity contribution in [2.75, 3.05) is 6.54 Å². The molecule has 0 unspecified atom stereocenters. The standard InChI is InChI=1S/C13H17N3O5/c1-8(2)15-6-9(16(20)21)5-10(15)11(17)14-7-13(3-4-13)12(18)19/h5-6,8H,3-4,7H2,1-2H3,(H,14,17)(H,18,19). The maximum Gasteiger partial charge on any atom is 0.311 e. The third-order valence-corrected chi connectivity index (χ3v) is 3.73. The maximum absolute atomic E-state index is 12.2. The molecule has 1 amide bonds. The Morgan fingerprint density at radius 2 is 2.14 bits per heavy atom. The van der Waals surface area contributed by atoms with Crippen molar-refractivity contribution in [3.8, 4) is 0 Å². The number of aliphatic carboxylic acids is 1. The molecule has 0 aliphatic heterocycles. The maximum atomic E-state index is 12.2. The SMILES string of the molecule is CC(C)n1cc([N+](=O)[O-])cc1C(=O)NCC1(C(=O)O)CC1. The van der Waals surface area contributed by atoms with Gasteiger partial charge < -0.3 is 15.0 Å². The van der Waals surface area contributed by atoms with Crippen molar-refractivity contribution in [1.29, 1.82) is 0 Å². The summed E-state index contributed by atoms with van der Waals surface area (Å²) in [4.78, 5) is 33.5. The van der Waals surface area contributed by atoms with Crippen LogP contribution in [0.3, 0.4) is 0 Å². The molecule has 1 aliphatic rings. The third kappa shape index (κ3) is 2.88. The van der Waals surface area contributed by atoms with Crippen molar-refractivity contribution < 1.29 is 19.6 Å². The fourth-order valence-electron chi connectivity index (χ4n) is 2.13. The molecule has 1 saturated carbocycles. The molecule has 0 aromatic carbocycles. The van der Waals surface area contributed by atoms with Crippen molar-refractivity contribution in [3.05, 3.63) is 28.1 Å². The van der Waals surface area contributed by atoms with Gasteiger partial charge >= 0.3 is 5.97 Å². The van der Waals surface area contributed by atoms with Gasteiger partial charge in [0.25, 0.3) is 11.6 Å². The molecule has 2 rings (SSSR count). The van der Waals surface area contributed by atoms with Gasteiger partial charge in [0.2, 0.25) is 0 Å². The van der Waals surface area contributed by atoms with E-state index in [-0.39, 0.29) is 24.0 Å². The van der Waals surface area contributed by atoms with Gasteiger partial charge in [0.1, 0.15) is 5.69 Å². The molecular formula is C13H17N3O5. The predicted molar refractivity (Wildman–Crippen MR) is 73.1 cm³/mol. The lowest BCUT2D eigenvalue weighted by molar-refractivity contribution is -0.384. The second-order valence-electron chi connectivity index (χ2n) is 5.61. The fourth-order valence-corrected chi connectivity index (χ4v) is 2.13. The van der Waals surface area contributed by atoms with Gasteiger partial charge in [0, 0.05) is 18.7 Å². The van der Waals surface area contributed by atoms with E-state index in [1.54, 1.807) is 13.8 Å². The van der Waals surface area contributed by atoms with Crippen LogP contribution in [0.25, 0.3) is 0 Å². The van der Waals surface area contributed by atoms with Gasteiger partial charge in [-0.05, 0) is 26.7 Å². The molecule has 114 valence electrons. The van der Waals surface area contributed by atoms with Crippen LogP contribution in [-0.2, 0) is 4.79 Å². The van der Waals surface area contributed by atoms with E-state index in [9.17, 15) is 19.7 Å². The Balaban J connectivity index is 2.15. The molecule has 1 fully saturated rings. The number of rotatable bonds is 6. The zero-order valence-corrected chi connectivity index (χ0v) is 11.8. The number of hydrogen-bond donors (Lipinski definition) is 2. The minimum Gasteiger partial charge on any atom is -0.481 e. The van der Waals surface area contributed by atoms with Crippen LogP contribution >= 0.6 is 0 Å². The number of amides is 1. The van der Waals surface area contributed by atoms with Crippen LogP contribution in [-0.4, -0.2) is 33.0 Å². The third-order valence-electron chi connectivity index (χ3n) is 3.73. The molecule has 1 aromatic heterocycles. The highest BCUT2D eigenvalue weighted by molar-refractivity contribution is 5.94. The predicted octanol–water partition coefficient (Wildman–Crippen LogP) is 1.57. The zero-order chi connectivity index (χ0) is 15.8. The fraction of sp³-hybridized carbons (Fsp3) is 0.538. The monoisotopic (exact) mass is 295 g/mol. The molecule has 0 radical (unpaired) electrons. The van der Waals surface area contributed by atoms with Crippen molar-refractivity contribution in [2.24, 2.45) is 5.41 Å². The molecular weight excluding hydrogens is 278 g/mol. The molecule has 1 aromatic rings. The minimum absolute atomic E-state index is 0.0399. The lowest BCUT2D eigenvalue weighted by Crippen LogP contribution is -2.35. The Hall–Kier alpha value is -2.38. The van der Waals surface area contributed by atoms with E-state index in [0.717, 1.165) is 0 Å². The van der Waals surface area contributed by atoms with E-state index in [0.29, 0.717) is 12.8 Å². The molecule has 8 heteroatoms. The van der Waals surface area contributed by atoms with E-state index < -0.39 is 22.2 Å². The lowest BCUT2D eigenvalue weighted by Gasteiger charge is -2.14. The zero-order valence-electron chi connectivity index (χ0n) is 11.8. The first-order valence-electron chi connectivity index (χ1n) is 6.65. The quantitative estimate of drug-likeness (QED) is 0.610. The summed E-state index contributed by atoms with van der Waals surface area (Å²) in [5, 5.41) is 22.4. The van der Waals surface area contributed by atoms with Crippen LogP contribution < -0.4 is 5.32 Å².